The third kappa shape index (κ3) is 2.45. The van der Waals surface area contributed by atoms with Crippen LogP contribution in [0.4, 0.5) is 10.1 Å². The van der Waals surface area contributed by atoms with Gasteiger partial charge in [-0.15, -0.1) is 0 Å². The number of benzene rings is 1. The largest absolute Gasteiger partial charge is 0.494 e. The lowest BCUT2D eigenvalue weighted by atomic mass is 10.2. The maximum absolute atomic E-state index is 13.5. The molecule has 1 aromatic carbocycles. The van der Waals surface area contributed by atoms with Gasteiger partial charge in [0.2, 0.25) is 0 Å². The SMILES string of the molecule is COc1ccc(NC(C)c2nccn2C)cc1F. The summed E-state index contributed by atoms with van der Waals surface area (Å²) >= 11 is 0. The van der Waals surface area contributed by atoms with Crippen molar-refractivity contribution < 1.29 is 9.13 Å². The summed E-state index contributed by atoms with van der Waals surface area (Å²) in [6.45, 7) is 1.98. The first kappa shape index (κ1) is 12.4. The number of imidazole rings is 1. The lowest BCUT2D eigenvalue weighted by Gasteiger charge is -2.15. The molecule has 1 aromatic heterocycles. The molecule has 5 heteroatoms. The molecule has 0 aliphatic heterocycles. The van der Waals surface area contributed by atoms with Gasteiger partial charge in [0, 0.05) is 31.2 Å². The fourth-order valence-corrected chi connectivity index (χ4v) is 1.87. The standard InChI is InChI=1S/C13H16FN3O/c1-9(13-15-6-7-17(13)2)16-10-4-5-12(18-3)11(14)8-10/h4-9,16H,1-3H3. The van der Waals surface area contributed by atoms with Crippen LogP contribution in [0.3, 0.4) is 0 Å². The number of halogens is 1. The van der Waals surface area contributed by atoms with Crippen LogP contribution >= 0.6 is 0 Å². The first-order valence-corrected chi connectivity index (χ1v) is 5.69. The Balaban J connectivity index is 2.15. The molecular formula is C13H16FN3O. The smallest absolute Gasteiger partial charge is 0.167 e. The van der Waals surface area contributed by atoms with Gasteiger partial charge in [0.05, 0.1) is 13.2 Å². The molecule has 0 saturated carbocycles. The highest BCUT2D eigenvalue weighted by molar-refractivity contribution is 5.48. The van der Waals surface area contributed by atoms with Crippen molar-refractivity contribution in [3.05, 3.63) is 42.2 Å². The Morgan fingerprint density at radius 2 is 2.22 bits per heavy atom. The summed E-state index contributed by atoms with van der Waals surface area (Å²) in [7, 11) is 3.37. The van der Waals surface area contributed by atoms with Crippen LogP contribution in [-0.2, 0) is 7.05 Å². The third-order valence-electron chi connectivity index (χ3n) is 2.78. The van der Waals surface area contributed by atoms with Crippen molar-refractivity contribution in [2.45, 2.75) is 13.0 Å². The number of hydrogen-bond acceptors (Lipinski definition) is 3. The lowest BCUT2D eigenvalue weighted by molar-refractivity contribution is 0.386. The average Bonchev–Trinajstić information content (AvgIpc) is 2.76. The molecule has 0 spiro atoms. The number of ether oxygens (including phenoxy) is 1. The van der Waals surface area contributed by atoms with Gasteiger partial charge >= 0.3 is 0 Å². The van der Waals surface area contributed by atoms with Crippen molar-refractivity contribution in [3.63, 3.8) is 0 Å². The summed E-state index contributed by atoms with van der Waals surface area (Å²) in [6, 6.07) is 4.79. The van der Waals surface area contributed by atoms with Crippen LogP contribution in [0.25, 0.3) is 0 Å². The second-order valence-corrected chi connectivity index (χ2v) is 4.11. The quantitative estimate of drug-likeness (QED) is 0.905. The van der Waals surface area contributed by atoms with E-state index in [2.05, 4.69) is 10.3 Å². The van der Waals surface area contributed by atoms with Gasteiger partial charge in [-0.1, -0.05) is 0 Å². The molecule has 4 nitrogen and oxygen atoms in total. The highest BCUT2D eigenvalue weighted by atomic mass is 19.1. The summed E-state index contributed by atoms with van der Waals surface area (Å²) in [4.78, 5) is 4.25. The number of aromatic nitrogens is 2. The van der Waals surface area contributed by atoms with Crippen molar-refractivity contribution in [1.82, 2.24) is 9.55 Å². The minimum absolute atomic E-state index is 0.00204. The second kappa shape index (κ2) is 5.08. The van der Waals surface area contributed by atoms with E-state index in [4.69, 9.17) is 4.74 Å². The predicted octanol–water partition coefficient (Wildman–Crippen LogP) is 2.74. The molecule has 0 radical (unpaired) electrons. The second-order valence-electron chi connectivity index (χ2n) is 4.11. The van der Waals surface area contributed by atoms with Crippen molar-refractivity contribution in [1.29, 1.82) is 0 Å². The first-order valence-electron chi connectivity index (χ1n) is 5.69. The van der Waals surface area contributed by atoms with Crippen LogP contribution in [0, 0.1) is 5.82 Å². The zero-order chi connectivity index (χ0) is 13.1. The van der Waals surface area contributed by atoms with Gasteiger partial charge < -0.3 is 14.6 Å². The van der Waals surface area contributed by atoms with Crippen LogP contribution < -0.4 is 10.1 Å². The first-order chi connectivity index (χ1) is 8.61. The van der Waals surface area contributed by atoms with E-state index in [9.17, 15) is 4.39 Å². The zero-order valence-electron chi connectivity index (χ0n) is 10.6. The molecule has 1 atom stereocenters. The minimum Gasteiger partial charge on any atom is -0.494 e. The molecule has 96 valence electrons. The Labute approximate surface area is 105 Å². The molecule has 0 aliphatic rings. The molecule has 18 heavy (non-hydrogen) atoms. The number of nitrogens with zero attached hydrogens (tertiary/aromatic N) is 2. The van der Waals surface area contributed by atoms with Gasteiger partial charge in [-0.25, -0.2) is 9.37 Å². The van der Waals surface area contributed by atoms with E-state index in [-0.39, 0.29) is 17.6 Å². The van der Waals surface area contributed by atoms with Crippen molar-refractivity contribution in [2.75, 3.05) is 12.4 Å². The molecule has 0 aliphatic carbocycles. The normalized spacial score (nSPS) is 12.2. The maximum Gasteiger partial charge on any atom is 0.167 e. The molecule has 0 amide bonds. The van der Waals surface area contributed by atoms with Gasteiger partial charge in [-0.05, 0) is 19.1 Å². The minimum atomic E-state index is -0.380. The summed E-state index contributed by atoms with van der Waals surface area (Å²) < 4.78 is 20.3. The zero-order valence-corrected chi connectivity index (χ0v) is 10.6. The van der Waals surface area contributed by atoms with Crippen LogP contribution in [0.1, 0.15) is 18.8 Å². The van der Waals surface area contributed by atoms with Gasteiger partial charge in [-0.3, -0.25) is 0 Å². The number of hydrogen-bond donors (Lipinski definition) is 1. The van der Waals surface area contributed by atoms with Gasteiger partial charge in [-0.2, -0.15) is 0 Å². The van der Waals surface area contributed by atoms with Crippen molar-refractivity contribution in [3.8, 4) is 5.75 Å². The van der Waals surface area contributed by atoms with E-state index in [1.165, 1.54) is 13.2 Å². The highest BCUT2D eigenvalue weighted by Gasteiger charge is 2.11. The molecule has 0 saturated heterocycles. The molecule has 0 bridgehead atoms. The molecule has 1 N–H and O–H groups in total. The van der Waals surface area contributed by atoms with Crippen LogP contribution in [-0.4, -0.2) is 16.7 Å². The topological polar surface area (TPSA) is 39.1 Å². The van der Waals surface area contributed by atoms with E-state index in [1.54, 1.807) is 18.3 Å². The third-order valence-corrected chi connectivity index (χ3v) is 2.78. The summed E-state index contributed by atoms with van der Waals surface area (Å²) in [5, 5.41) is 3.20. The summed E-state index contributed by atoms with van der Waals surface area (Å²) in [5.41, 5.74) is 0.698. The molecule has 0 fully saturated rings. The Morgan fingerprint density at radius 3 is 2.78 bits per heavy atom. The molecular weight excluding hydrogens is 233 g/mol. The number of anilines is 1. The van der Waals surface area contributed by atoms with Crippen LogP contribution in [0.15, 0.2) is 30.6 Å². The van der Waals surface area contributed by atoms with Crippen molar-refractivity contribution >= 4 is 5.69 Å². The summed E-state index contributed by atoms with van der Waals surface area (Å²) in [5.74, 6) is 0.756. The predicted molar refractivity (Wildman–Crippen MR) is 68.2 cm³/mol. The fourth-order valence-electron chi connectivity index (χ4n) is 1.87. The van der Waals surface area contributed by atoms with E-state index < -0.39 is 0 Å². The van der Waals surface area contributed by atoms with Crippen LogP contribution in [0.2, 0.25) is 0 Å². The average molecular weight is 249 g/mol. The Hall–Kier alpha value is -2.04. The number of aryl methyl sites for hydroxylation is 1. The molecule has 2 aromatic rings. The van der Waals surface area contributed by atoms with E-state index in [0.717, 1.165) is 5.82 Å². The Morgan fingerprint density at radius 1 is 1.44 bits per heavy atom. The number of methoxy groups -OCH3 is 1. The van der Waals surface area contributed by atoms with Gasteiger partial charge in [0.25, 0.3) is 0 Å². The van der Waals surface area contributed by atoms with Gasteiger partial charge in [0.1, 0.15) is 5.82 Å². The Bertz CT molecular complexity index is 539. The molecule has 1 unspecified atom stereocenters. The number of nitrogens with one attached hydrogen (secondary N) is 1. The lowest BCUT2D eigenvalue weighted by Crippen LogP contribution is -2.12. The molecule has 1 heterocycles. The van der Waals surface area contributed by atoms with Crippen molar-refractivity contribution in [2.24, 2.45) is 7.05 Å². The molecule has 2 rings (SSSR count). The maximum atomic E-state index is 13.5. The van der Waals surface area contributed by atoms with E-state index >= 15 is 0 Å². The fraction of sp³-hybridized carbons (Fsp3) is 0.308. The van der Waals surface area contributed by atoms with E-state index in [1.807, 2.05) is 24.7 Å². The van der Waals surface area contributed by atoms with Gasteiger partial charge in [0.15, 0.2) is 11.6 Å². The monoisotopic (exact) mass is 249 g/mol. The van der Waals surface area contributed by atoms with Crippen LogP contribution in [0.5, 0.6) is 5.75 Å². The Kier molecular flexibility index (Phi) is 3.50. The van der Waals surface area contributed by atoms with E-state index in [0.29, 0.717) is 5.69 Å². The highest BCUT2D eigenvalue weighted by Crippen LogP contribution is 2.23. The summed E-state index contributed by atoms with van der Waals surface area (Å²) in [6.07, 6.45) is 3.62. The number of rotatable bonds is 4.